The summed E-state index contributed by atoms with van der Waals surface area (Å²) in [4.78, 5) is 0. The van der Waals surface area contributed by atoms with Crippen LogP contribution in [0.4, 0.5) is 0 Å². The Bertz CT molecular complexity index is 516. The lowest BCUT2D eigenvalue weighted by Crippen LogP contribution is -2.07. The maximum absolute atomic E-state index is 10.2. The molecular weight excluding hydrogens is 226 g/mol. The number of aromatic nitrogens is 1. The molecule has 1 N–H and O–H groups in total. The van der Waals surface area contributed by atoms with Gasteiger partial charge in [-0.3, -0.25) is 0 Å². The van der Waals surface area contributed by atoms with Crippen LogP contribution in [0.25, 0.3) is 6.08 Å². The van der Waals surface area contributed by atoms with E-state index in [0.717, 1.165) is 16.8 Å². The standard InChI is InChI=1S/C15H17NO2/c1-11(8-9-13-6-4-3-5-7-13)15(17)14-10-18-16-12(14)2/h3-11,15,17H,1-2H3/b9-8+. The van der Waals surface area contributed by atoms with E-state index in [2.05, 4.69) is 5.16 Å². The predicted molar refractivity (Wildman–Crippen MR) is 70.8 cm³/mol. The van der Waals surface area contributed by atoms with Crippen LogP contribution in [0.1, 0.15) is 29.8 Å². The summed E-state index contributed by atoms with van der Waals surface area (Å²) in [5, 5.41) is 14.0. The molecule has 0 saturated heterocycles. The molecule has 2 atom stereocenters. The molecule has 2 unspecified atom stereocenters. The average Bonchev–Trinajstić information content (AvgIpc) is 2.82. The first-order chi connectivity index (χ1) is 8.68. The minimum Gasteiger partial charge on any atom is -0.388 e. The molecule has 0 amide bonds. The van der Waals surface area contributed by atoms with Crippen molar-refractivity contribution in [2.24, 2.45) is 5.92 Å². The average molecular weight is 243 g/mol. The van der Waals surface area contributed by atoms with Gasteiger partial charge in [-0.1, -0.05) is 54.6 Å². The zero-order valence-corrected chi connectivity index (χ0v) is 10.6. The molecule has 0 saturated carbocycles. The van der Waals surface area contributed by atoms with Crippen molar-refractivity contribution in [3.05, 3.63) is 59.5 Å². The van der Waals surface area contributed by atoms with E-state index in [1.165, 1.54) is 6.26 Å². The lowest BCUT2D eigenvalue weighted by atomic mass is 9.97. The minimum atomic E-state index is -0.587. The first kappa shape index (κ1) is 12.6. The van der Waals surface area contributed by atoms with E-state index in [4.69, 9.17) is 4.52 Å². The van der Waals surface area contributed by atoms with Gasteiger partial charge in [0.05, 0.1) is 11.8 Å². The highest BCUT2D eigenvalue weighted by Crippen LogP contribution is 2.25. The molecule has 0 aliphatic rings. The van der Waals surface area contributed by atoms with Crippen LogP contribution in [-0.4, -0.2) is 10.3 Å². The zero-order valence-electron chi connectivity index (χ0n) is 10.6. The second kappa shape index (κ2) is 5.65. The van der Waals surface area contributed by atoms with Gasteiger partial charge in [-0.05, 0) is 12.5 Å². The molecule has 3 heteroatoms. The molecule has 18 heavy (non-hydrogen) atoms. The van der Waals surface area contributed by atoms with Crippen molar-refractivity contribution >= 4 is 6.08 Å². The SMILES string of the molecule is Cc1nocc1C(O)C(C)/C=C/c1ccccc1. The van der Waals surface area contributed by atoms with Gasteiger partial charge in [0, 0.05) is 11.5 Å². The maximum atomic E-state index is 10.2. The summed E-state index contributed by atoms with van der Waals surface area (Å²) in [7, 11) is 0. The van der Waals surface area contributed by atoms with Gasteiger partial charge < -0.3 is 9.63 Å². The number of aryl methyl sites for hydroxylation is 1. The lowest BCUT2D eigenvalue weighted by Gasteiger charge is -2.13. The van der Waals surface area contributed by atoms with Crippen LogP contribution in [0.3, 0.4) is 0 Å². The molecule has 94 valence electrons. The summed E-state index contributed by atoms with van der Waals surface area (Å²) in [6.45, 7) is 3.80. The number of benzene rings is 1. The third-order valence-electron chi connectivity index (χ3n) is 3.00. The van der Waals surface area contributed by atoms with Crippen LogP contribution in [-0.2, 0) is 0 Å². The highest BCUT2D eigenvalue weighted by atomic mass is 16.5. The number of hydrogen-bond acceptors (Lipinski definition) is 3. The Morgan fingerprint density at radius 3 is 2.61 bits per heavy atom. The number of rotatable bonds is 4. The summed E-state index contributed by atoms with van der Waals surface area (Å²) >= 11 is 0. The topological polar surface area (TPSA) is 46.3 Å². The first-order valence-electron chi connectivity index (χ1n) is 6.00. The van der Waals surface area contributed by atoms with Crippen molar-refractivity contribution in [2.45, 2.75) is 20.0 Å². The fourth-order valence-corrected chi connectivity index (χ4v) is 1.80. The van der Waals surface area contributed by atoms with Gasteiger partial charge in [-0.15, -0.1) is 0 Å². The van der Waals surface area contributed by atoms with Crippen molar-refractivity contribution in [3.63, 3.8) is 0 Å². The molecule has 3 nitrogen and oxygen atoms in total. The largest absolute Gasteiger partial charge is 0.388 e. The summed E-state index contributed by atoms with van der Waals surface area (Å²) in [6.07, 6.45) is 4.92. The van der Waals surface area contributed by atoms with E-state index in [1.807, 2.05) is 56.3 Å². The Hall–Kier alpha value is -1.87. The van der Waals surface area contributed by atoms with Crippen molar-refractivity contribution in [1.29, 1.82) is 0 Å². The predicted octanol–water partition coefficient (Wildman–Crippen LogP) is 3.37. The van der Waals surface area contributed by atoms with Gasteiger partial charge in [-0.2, -0.15) is 0 Å². The van der Waals surface area contributed by atoms with E-state index in [0.29, 0.717) is 0 Å². The summed E-state index contributed by atoms with van der Waals surface area (Å²) in [5.41, 5.74) is 2.61. The fraction of sp³-hybridized carbons (Fsp3) is 0.267. The van der Waals surface area contributed by atoms with Crippen molar-refractivity contribution in [2.75, 3.05) is 0 Å². The highest BCUT2D eigenvalue weighted by Gasteiger charge is 2.18. The molecule has 0 bridgehead atoms. The van der Waals surface area contributed by atoms with Gasteiger partial charge in [-0.25, -0.2) is 0 Å². The van der Waals surface area contributed by atoms with Crippen LogP contribution in [0.15, 0.2) is 47.2 Å². The molecular formula is C15H17NO2. The second-order valence-electron chi connectivity index (χ2n) is 4.43. The van der Waals surface area contributed by atoms with Crippen LogP contribution in [0, 0.1) is 12.8 Å². The molecule has 0 aliphatic heterocycles. The smallest absolute Gasteiger partial charge is 0.129 e. The van der Waals surface area contributed by atoms with Crippen LogP contribution >= 0.6 is 0 Å². The fourth-order valence-electron chi connectivity index (χ4n) is 1.80. The molecule has 2 aromatic rings. The summed E-state index contributed by atoms with van der Waals surface area (Å²) in [5.74, 6) is 0.00306. The molecule has 1 aromatic heterocycles. The van der Waals surface area contributed by atoms with E-state index < -0.39 is 6.10 Å². The van der Waals surface area contributed by atoms with E-state index >= 15 is 0 Å². The van der Waals surface area contributed by atoms with Gasteiger partial charge in [0.2, 0.25) is 0 Å². The van der Waals surface area contributed by atoms with E-state index in [1.54, 1.807) is 0 Å². The molecule has 0 aliphatic carbocycles. The molecule has 0 radical (unpaired) electrons. The van der Waals surface area contributed by atoms with Crippen LogP contribution in [0.5, 0.6) is 0 Å². The van der Waals surface area contributed by atoms with E-state index in [-0.39, 0.29) is 5.92 Å². The van der Waals surface area contributed by atoms with Crippen molar-refractivity contribution in [3.8, 4) is 0 Å². The Labute approximate surface area is 107 Å². The van der Waals surface area contributed by atoms with Gasteiger partial charge in [0.25, 0.3) is 0 Å². The molecule has 0 spiro atoms. The Morgan fingerprint density at radius 2 is 2.00 bits per heavy atom. The Kier molecular flexibility index (Phi) is 3.95. The van der Waals surface area contributed by atoms with Gasteiger partial charge >= 0.3 is 0 Å². The second-order valence-corrected chi connectivity index (χ2v) is 4.43. The number of aliphatic hydroxyl groups excluding tert-OH is 1. The maximum Gasteiger partial charge on any atom is 0.129 e. The molecule has 1 heterocycles. The number of hydrogen-bond donors (Lipinski definition) is 1. The van der Waals surface area contributed by atoms with Crippen LogP contribution < -0.4 is 0 Å². The normalized spacial score (nSPS) is 14.8. The van der Waals surface area contributed by atoms with E-state index in [9.17, 15) is 5.11 Å². The molecule has 1 aromatic carbocycles. The molecule has 0 fully saturated rings. The Balaban J connectivity index is 2.06. The third kappa shape index (κ3) is 2.87. The number of nitrogens with zero attached hydrogens (tertiary/aromatic N) is 1. The third-order valence-corrected chi connectivity index (χ3v) is 3.00. The Morgan fingerprint density at radius 1 is 1.28 bits per heavy atom. The highest BCUT2D eigenvalue weighted by molar-refractivity contribution is 5.49. The zero-order chi connectivity index (χ0) is 13.0. The van der Waals surface area contributed by atoms with Crippen LogP contribution in [0.2, 0.25) is 0 Å². The summed E-state index contributed by atoms with van der Waals surface area (Å²) in [6, 6.07) is 10.0. The quantitative estimate of drug-likeness (QED) is 0.895. The van der Waals surface area contributed by atoms with Crippen molar-refractivity contribution in [1.82, 2.24) is 5.16 Å². The van der Waals surface area contributed by atoms with Crippen molar-refractivity contribution < 1.29 is 9.63 Å². The summed E-state index contributed by atoms with van der Waals surface area (Å²) < 4.78 is 4.85. The van der Waals surface area contributed by atoms with Gasteiger partial charge in [0.1, 0.15) is 6.26 Å². The minimum absolute atomic E-state index is 0.00306. The number of aliphatic hydroxyl groups is 1. The first-order valence-corrected chi connectivity index (χ1v) is 6.00. The monoisotopic (exact) mass is 243 g/mol. The molecule has 2 rings (SSSR count). The van der Waals surface area contributed by atoms with Gasteiger partial charge in [0.15, 0.2) is 0 Å². The lowest BCUT2D eigenvalue weighted by molar-refractivity contribution is 0.138.